The summed E-state index contributed by atoms with van der Waals surface area (Å²) in [5, 5.41) is 29.1. The second-order valence-electron chi connectivity index (χ2n) is 23.3. The number of hydrogen-bond acceptors (Lipinski definition) is 12. The molecular weight excluding hydrogens is 963 g/mol. The van der Waals surface area contributed by atoms with Crippen molar-refractivity contribution in [1.82, 2.24) is 37.2 Å². The third-order valence-electron chi connectivity index (χ3n) is 15.1. The van der Waals surface area contributed by atoms with Crippen LogP contribution in [0.4, 0.5) is 4.79 Å². The number of ether oxygens (including phenoxy) is 4. The first-order chi connectivity index (χ1) is 35.2. The quantitative estimate of drug-likeness (QED) is 0.0303. The second-order valence-corrected chi connectivity index (χ2v) is 23.3. The summed E-state index contributed by atoms with van der Waals surface area (Å²) in [5.41, 5.74) is -0.897. The number of hydrogen-bond donors (Lipinski definition) is 8. The summed E-state index contributed by atoms with van der Waals surface area (Å²) in [6, 6.07) is 6.84. The van der Waals surface area contributed by atoms with Crippen molar-refractivity contribution in [3.63, 3.8) is 0 Å². The smallest absolute Gasteiger partial charge is 0.407 e. The Hall–Kier alpha value is -5.11. The van der Waals surface area contributed by atoms with Gasteiger partial charge >= 0.3 is 6.09 Å². The molecule has 2 aliphatic heterocycles. The Bertz CT molecular complexity index is 2130. The van der Waals surface area contributed by atoms with Crippen molar-refractivity contribution in [2.24, 2.45) is 34.5 Å². The normalized spacial score (nSPS) is 24.6. The van der Waals surface area contributed by atoms with Crippen LogP contribution in [0.15, 0.2) is 42.0 Å². The molecule has 0 radical (unpaired) electrons. The molecule has 3 aliphatic rings. The summed E-state index contributed by atoms with van der Waals surface area (Å²) in [5.74, 6) is -3.29. The van der Waals surface area contributed by atoms with E-state index < -0.39 is 89.0 Å². The molecule has 1 saturated carbocycles. The molecule has 2 saturated heterocycles. The number of aliphatic hydroxyl groups is 1. The molecule has 75 heavy (non-hydrogen) atoms. The summed E-state index contributed by atoms with van der Waals surface area (Å²) >= 11 is 0. The highest BCUT2D eigenvalue weighted by Gasteiger charge is 2.72. The van der Waals surface area contributed by atoms with E-state index in [9.17, 15) is 38.7 Å². The lowest BCUT2D eigenvalue weighted by Gasteiger charge is -2.42. The van der Waals surface area contributed by atoms with Gasteiger partial charge in [-0.1, -0.05) is 97.4 Å². The highest BCUT2D eigenvalue weighted by molar-refractivity contribution is 5.95. The summed E-state index contributed by atoms with van der Waals surface area (Å²) in [7, 11) is 1.62. The Morgan fingerprint density at radius 2 is 1.48 bits per heavy atom. The number of benzene rings is 1. The van der Waals surface area contributed by atoms with Gasteiger partial charge in [0.15, 0.2) is 0 Å². The van der Waals surface area contributed by atoms with E-state index in [1.54, 1.807) is 45.2 Å². The van der Waals surface area contributed by atoms with Crippen molar-refractivity contribution in [3.8, 4) is 0 Å². The summed E-state index contributed by atoms with van der Waals surface area (Å²) < 4.78 is 24.1. The summed E-state index contributed by atoms with van der Waals surface area (Å²) in [4.78, 5) is 94.7. The van der Waals surface area contributed by atoms with E-state index in [-0.39, 0.29) is 86.7 Å². The number of epoxide rings is 2. The van der Waals surface area contributed by atoms with Crippen molar-refractivity contribution >= 4 is 41.5 Å². The topological polar surface area (TPSA) is 267 Å². The Kier molecular flexibility index (Phi) is 23.1. The third-order valence-corrected chi connectivity index (χ3v) is 15.1. The number of rotatable bonds is 30. The average molecular weight is 1050 g/mol. The van der Waals surface area contributed by atoms with Gasteiger partial charge in [0.25, 0.3) is 0 Å². The fraction of sp³-hybridized carbons (Fsp3) is 0.732. The van der Waals surface area contributed by atoms with E-state index in [2.05, 4.69) is 64.1 Å². The number of carbonyl (C=O) groups excluding carboxylic acids is 7. The van der Waals surface area contributed by atoms with Gasteiger partial charge in [-0.05, 0) is 96.0 Å². The molecule has 7 amide bonds. The molecule has 0 aromatic heterocycles. The number of aliphatic hydroxyl groups excluding tert-OH is 1. The number of amides is 7. The van der Waals surface area contributed by atoms with Gasteiger partial charge in [0.05, 0.1) is 37.8 Å². The van der Waals surface area contributed by atoms with Crippen LogP contribution in [0.25, 0.3) is 0 Å². The molecular formula is C56H91N7O12. The van der Waals surface area contributed by atoms with E-state index >= 15 is 0 Å². The monoisotopic (exact) mass is 1050 g/mol. The van der Waals surface area contributed by atoms with Crippen molar-refractivity contribution < 1.29 is 57.6 Å². The van der Waals surface area contributed by atoms with E-state index in [1.807, 2.05) is 54.5 Å². The maximum atomic E-state index is 14.1. The minimum atomic E-state index is -1.14. The molecule has 4 rings (SSSR count). The molecule has 1 aromatic carbocycles. The Morgan fingerprint density at radius 3 is 2.07 bits per heavy atom. The number of methoxy groups -OCH3 is 1. The zero-order chi connectivity index (χ0) is 55.9. The van der Waals surface area contributed by atoms with Crippen LogP contribution in [0.1, 0.15) is 134 Å². The molecule has 3 fully saturated rings. The highest BCUT2D eigenvalue weighted by atomic mass is 16.6. The molecule has 8 N–H and O–H groups in total. The first-order valence-corrected chi connectivity index (χ1v) is 27.0. The van der Waals surface area contributed by atoms with E-state index in [4.69, 9.17) is 18.9 Å². The van der Waals surface area contributed by atoms with Crippen molar-refractivity contribution in [2.75, 3.05) is 46.4 Å². The lowest BCUT2D eigenvalue weighted by atomic mass is 9.64. The third kappa shape index (κ3) is 18.3. The number of carbonyl (C=O) groups is 7. The van der Waals surface area contributed by atoms with Crippen LogP contribution < -0.4 is 37.2 Å². The second kappa shape index (κ2) is 27.8. The summed E-state index contributed by atoms with van der Waals surface area (Å²) in [6.45, 7) is 23.2. The van der Waals surface area contributed by atoms with Crippen LogP contribution in [0, 0.1) is 34.5 Å². The maximum Gasteiger partial charge on any atom is 0.407 e. The lowest BCUT2D eigenvalue weighted by Crippen LogP contribution is -2.56. The number of alkyl carbamates (subject to hydrolysis) is 1. The predicted octanol–water partition coefficient (Wildman–Crippen LogP) is 4.39. The van der Waals surface area contributed by atoms with E-state index in [1.165, 1.54) is 5.57 Å². The van der Waals surface area contributed by atoms with Gasteiger partial charge < -0.3 is 61.3 Å². The fourth-order valence-corrected chi connectivity index (χ4v) is 10.7. The molecule has 1 spiro atoms. The van der Waals surface area contributed by atoms with Gasteiger partial charge in [0.2, 0.25) is 35.4 Å². The van der Waals surface area contributed by atoms with Gasteiger partial charge in [0.1, 0.15) is 35.5 Å². The average Bonchev–Trinajstić information content (AvgIpc) is 4.26. The minimum absolute atomic E-state index is 0.0263. The fourth-order valence-electron chi connectivity index (χ4n) is 10.7. The van der Waals surface area contributed by atoms with Gasteiger partial charge in [-0.25, -0.2) is 4.79 Å². The molecule has 19 nitrogen and oxygen atoms in total. The Balaban J connectivity index is 1.28. The maximum absolute atomic E-state index is 14.1. The van der Waals surface area contributed by atoms with E-state index in [0.29, 0.717) is 25.9 Å². The first kappa shape index (κ1) is 62.4. The van der Waals surface area contributed by atoms with Gasteiger partial charge in [-0.15, -0.1) is 0 Å². The van der Waals surface area contributed by atoms with Gasteiger partial charge in [0, 0.05) is 44.0 Å². The van der Waals surface area contributed by atoms with Crippen molar-refractivity contribution in [1.29, 1.82) is 0 Å². The first-order valence-electron chi connectivity index (χ1n) is 27.0. The molecule has 2 heterocycles. The van der Waals surface area contributed by atoms with Crippen LogP contribution in [0.5, 0.6) is 0 Å². The van der Waals surface area contributed by atoms with Gasteiger partial charge in [-0.3, -0.25) is 28.8 Å². The van der Waals surface area contributed by atoms with Crippen LogP contribution in [-0.2, 0) is 54.1 Å². The minimum Gasteiger partial charge on any atom is -0.443 e. The van der Waals surface area contributed by atoms with Crippen LogP contribution in [0.3, 0.4) is 0 Å². The molecule has 11 atom stereocenters. The van der Waals surface area contributed by atoms with Crippen LogP contribution >= 0.6 is 0 Å². The summed E-state index contributed by atoms with van der Waals surface area (Å²) in [6.07, 6.45) is 3.39. The Morgan fingerprint density at radius 1 is 0.827 bits per heavy atom. The lowest BCUT2D eigenvalue weighted by molar-refractivity contribution is -0.142. The van der Waals surface area contributed by atoms with Crippen LogP contribution in [-0.4, -0.2) is 141 Å². The van der Waals surface area contributed by atoms with Crippen molar-refractivity contribution in [2.45, 2.75) is 182 Å². The highest BCUT2D eigenvalue weighted by Crippen LogP contribution is 2.59. The van der Waals surface area contributed by atoms with Gasteiger partial charge in [-0.2, -0.15) is 0 Å². The molecule has 422 valence electrons. The molecule has 0 bridgehead atoms. The largest absolute Gasteiger partial charge is 0.443 e. The predicted molar refractivity (Wildman–Crippen MR) is 285 cm³/mol. The molecule has 1 aliphatic carbocycles. The standard InChI is InChI=1S/C56H91N7O12/c1-34(2)20-21-43-55(12,75-43)47-46(72-13)42(22-23-56(47)33-73-56)74-52(71)58-25-17-24-57-44(65)30-59-48(67)40(26-35(3)4)63-49(68)41(27-39-18-15-14-16-19-39)62-45(66)31-61-51(70)54(11,37(7)8)32-53(10,28-36(5)6)50(69)60-29-38(9)64/h14-16,18-20,35-38,40-43,46-47,64H,17,21-33H2,1-13H3,(H,57,65)(H,58,71)(H,59,67)(H,60,69)(H,61,70)(H,62,66)(H,63,68)/t38?,40-,41-,42?,43+,46?,47?,53?,54?,55+,56-/m0/s1. The number of allylic oxidation sites excluding steroid dienone is 1. The van der Waals surface area contributed by atoms with Crippen LogP contribution in [0.2, 0.25) is 0 Å². The zero-order valence-corrected chi connectivity index (χ0v) is 47.1. The molecule has 6 unspecified atom stereocenters. The van der Waals surface area contributed by atoms with Crippen molar-refractivity contribution in [3.05, 3.63) is 47.5 Å². The number of nitrogens with one attached hydrogen (secondary N) is 7. The zero-order valence-electron chi connectivity index (χ0n) is 47.1. The molecule has 19 heteroatoms. The SMILES string of the molecule is COC1C(OC(=O)NCCCNC(=O)CNC(=O)[C@H](CC(C)C)NC(=O)[C@H](Cc2ccccc2)NC(=O)CNC(=O)C(C)(CC(C)(CC(C)C)C(=O)NCC(C)O)C(C)C)CC[C@]2(CO2)C1[C@]1(C)O[C@@H]1CC=C(C)C. The molecule has 1 aromatic rings. The Labute approximate surface area is 445 Å². The van der Waals surface area contributed by atoms with E-state index in [0.717, 1.165) is 18.4 Å².